The summed E-state index contributed by atoms with van der Waals surface area (Å²) < 4.78 is 2.04. The molecule has 5 nitrogen and oxygen atoms in total. The van der Waals surface area contributed by atoms with E-state index in [1.165, 1.54) is 24.6 Å². The summed E-state index contributed by atoms with van der Waals surface area (Å²) in [6.45, 7) is 10.5. The van der Waals surface area contributed by atoms with Crippen LogP contribution in [0.5, 0.6) is 0 Å². The molecule has 0 spiro atoms. The highest BCUT2D eigenvalue weighted by molar-refractivity contribution is 7.99. The van der Waals surface area contributed by atoms with Crippen molar-refractivity contribution in [3.05, 3.63) is 18.2 Å². The van der Waals surface area contributed by atoms with Gasteiger partial charge in [-0.2, -0.15) is 11.8 Å². The maximum atomic E-state index is 12.9. The third-order valence-corrected chi connectivity index (χ3v) is 6.27. The van der Waals surface area contributed by atoms with E-state index < -0.39 is 0 Å². The summed E-state index contributed by atoms with van der Waals surface area (Å²) >= 11 is 2.06. The van der Waals surface area contributed by atoms with Crippen LogP contribution in [-0.4, -0.2) is 69.0 Å². The standard InChI is InChI=1S/C18H30N4OS/c1-14(2)17-19-6-9-22(17)15(3)18(23)21-7-4-16(5-8-21)20-10-12-24-13-11-20/h6,9,14-16H,4-5,7-8,10-13H2,1-3H3. The van der Waals surface area contributed by atoms with Crippen molar-refractivity contribution >= 4 is 17.7 Å². The Balaban J connectivity index is 1.57. The summed E-state index contributed by atoms with van der Waals surface area (Å²) in [4.78, 5) is 22.0. The Morgan fingerprint density at radius 3 is 2.46 bits per heavy atom. The van der Waals surface area contributed by atoms with E-state index >= 15 is 0 Å². The van der Waals surface area contributed by atoms with Gasteiger partial charge in [0.05, 0.1) is 0 Å². The first kappa shape index (κ1) is 17.8. The Kier molecular flexibility index (Phi) is 5.87. The van der Waals surface area contributed by atoms with E-state index in [2.05, 4.69) is 40.4 Å². The van der Waals surface area contributed by atoms with Gasteiger partial charge in [0.2, 0.25) is 5.91 Å². The molecule has 0 bridgehead atoms. The number of nitrogens with zero attached hydrogens (tertiary/aromatic N) is 4. The van der Waals surface area contributed by atoms with Crippen molar-refractivity contribution in [2.24, 2.45) is 0 Å². The lowest BCUT2D eigenvalue weighted by Gasteiger charge is -2.40. The Morgan fingerprint density at radius 1 is 1.17 bits per heavy atom. The van der Waals surface area contributed by atoms with Gasteiger partial charge in [0, 0.05) is 62.0 Å². The second-order valence-electron chi connectivity index (χ2n) is 7.23. The molecule has 6 heteroatoms. The fourth-order valence-electron chi connectivity index (χ4n) is 3.88. The van der Waals surface area contributed by atoms with E-state index in [0.717, 1.165) is 31.8 Å². The first-order chi connectivity index (χ1) is 11.6. The van der Waals surface area contributed by atoms with Gasteiger partial charge in [-0.1, -0.05) is 13.8 Å². The predicted molar refractivity (Wildman–Crippen MR) is 99.5 cm³/mol. The molecule has 2 aliphatic rings. The number of hydrogen-bond acceptors (Lipinski definition) is 4. The van der Waals surface area contributed by atoms with E-state index in [-0.39, 0.29) is 11.9 Å². The zero-order chi connectivity index (χ0) is 17.1. The largest absolute Gasteiger partial charge is 0.341 e. The van der Waals surface area contributed by atoms with Gasteiger partial charge in [-0.3, -0.25) is 9.69 Å². The van der Waals surface area contributed by atoms with Crippen LogP contribution in [0.15, 0.2) is 12.4 Å². The molecule has 2 fully saturated rings. The van der Waals surface area contributed by atoms with Gasteiger partial charge in [0.15, 0.2) is 0 Å². The van der Waals surface area contributed by atoms with Crippen LogP contribution >= 0.6 is 11.8 Å². The molecule has 1 atom stereocenters. The third-order valence-electron chi connectivity index (χ3n) is 5.33. The highest BCUT2D eigenvalue weighted by atomic mass is 32.2. The Morgan fingerprint density at radius 2 is 1.83 bits per heavy atom. The summed E-state index contributed by atoms with van der Waals surface area (Å²) in [5.41, 5.74) is 0. The number of carbonyl (C=O) groups excluding carboxylic acids is 1. The highest BCUT2D eigenvalue weighted by Crippen LogP contribution is 2.24. The molecule has 1 amide bonds. The number of amides is 1. The minimum absolute atomic E-state index is 0.159. The number of aromatic nitrogens is 2. The molecule has 1 unspecified atom stereocenters. The molecular weight excluding hydrogens is 320 g/mol. The molecule has 0 aromatic carbocycles. The average Bonchev–Trinajstić information content (AvgIpc) is 3.11. The second kappa shape index (κ2) is 7.91. The van der Waals surface area contributed by atoms with Crippen molar-refractivity contribution in [2.45, 2.75) is 51.6 Å². The van der Waals surface area contributed by atoms with E-state index in [4.69, 9.17) is 0 Å². The van der Waals surface area contributed by atoms with Gasteiger partial charge >= 0.3 is 0 Å². The van der Waals surface area contributed by atoms with Crippen LogP contribution in [0.3, 0.4) is 0 Å². The summed E-state index contributed by atoms with van der Waals surface area (Å²) in [6.07, 6.45) is 5.98. The van der Waals surface area contributed by atoms with Crippen LogP contribution < -0.4 is 0 Å². The van der Waals surface area contributed by atoms with Crippen molar-refractivity contribution in [1.29, 1.82) is 0 Å². The van der Waals surface area contributed by atoms with E-state index in [9.17, 15) is 4.79 Å². The van der Waals surface area contributed by atoms with Crippen LogP contribution in [-0.2, 0) is 4.79 Å². The Bertz CT molecular complexity index is 545. The molecule has 0 saturated carbocycles. The molecule has 2 aliphatic heterocycles. The van der Waals surface area contributed by atoms with Crippen molar-refractivity contribution in [3.8, 4) is 0 Å². The molecule has 0 radical (unpaired) electrons. The number of rotatable bonds is 4. The molecule has 24 heavy (non-hydrogen) atoms. The first-order valence-electron chi connectivity index (χ1n) is 9.21. The van der Waals surface area contributed by atoms with Gasteiger partial charge in [-0.05, 0) is 19.8 Å². The molecule has 0 N–H and O–H groups in total. The Hall–Kier alpha value is -1.01. The lowest BCUT2D eigenvalue weighted by Crippen LogP contribution is -2.50. The molecule has 1 aromatic rings. The normalized spacial score (nSPS) is 22.1. The number of likely N-dealkylation sites (tertiary alicyclic amines) is 1. The van der Waals surface area contributed by atoms with Crippen LogP contribution in [0.25, 0.3) is 0 Å². The zero-order valence-electron chi connectivity index (χ0n) is 15.1. The molecular formula is C18H30N4OS. The maximum absolute atomic E-state index is 12.9. The molecule has 1 aromatic heterocycles. The SMILES string of the molecule is CC(C)c1nccn1C(C)C(=O)N1CCC(N2CCSCC2)CC1. The molecule has 3 heterocycles. The van der Waals surface area contributed by atoms with Gasteiger partial charge in [0.1, 0.15) is 11.9 Å². The van der Waals surface area contributed by atoms with E-state index in [0.29, 0.717) is 12.0 Å². The minimum atomic E-state index is -0.159. The second-order valence-corrected chi connectivity index (χ2v) is 8.45. The molecule has 134 valence electrons. The maximum Gasteiger partial charge on any atom is 0.245 e. The van der Waals surface area contributed by atoms with E-state index in [1.807, 2.05) is 17.7 Å². The predicted octanol–water partition coefficient (Wildman–Crippen LogP) is 2.61. The summed E-state index contributed by atoms with van der Waals surface area (Å²) in [6, 6.07) is 0.512. The third kappa shape index (κ3) is 3.80. The van der Waals surface area contributed by atoms with Crippen molar-refractivity contribution in [1.82, 2.24) is 19.4 Å². The van der Waals surface area contributed by atoms with Crippen LogP contribution in [0.2, 0.25) is 0 Å². The molecule has 3 rings (SSSR count). The number of piperidine rings is 1. The highest BCUT2D eigenvalue weighted by Gasteiger charge is 2.30. The minimum Gasteiger partial charge on any atom is -0.341 e. The van der Waals surface area contributed by atoms with Crippen LogP contribution in [0, 0.1) is 0 Å². The van der Waals surface area contributed by atoms with Crippen molar-refractivity contribution in [2.75, 3.05) is 37.7 Å². The summed E-state index contributed by atoms with van der Waals surface area (Å²) in [5, 5.41) is 0. The summed E-state index contributed by atoms with van der Waals surface area (Å²) in [5.74, 6) is 4.08. The van der Waals surface area contributed by atoms with Crippen LogP contribution in [0.4, 0.5) is 0 Å². The van der Waals surface area contributed by atoms with E-state index in [1.54, 1.807) is 6.20 Å². The number of hydrogen-bond donors (Lipinski definition) is 0. The van der Waals surface area contributed by atoms with Crippen molar-refractivity contribution < 1.29 is 4.79 Å². The lowest BCUT2D eigenvalue weighted by atomic mass is 10.0. The molecule has 0 aliphatic carbocycles. The monoisotopic (exact) mass is 350 g/mol. The zero-order valence-corrected chi connectivity index (χ0v) is 16.0. The van der Waals surface area contributed by atoms with Gasteiger partial charge in [-0.15, -0.1) is 0 Å². The quantitative estimate of drug-likeness (QED) is 0.837. The van der Waals surface area contributed by atoms with Crippen molar-refractivity contribution in [3.63, 3.8) is 0 Å². The average molecular weight is 351 g/mol. The van der Waals surface area contributed by atoms with Gasteiger partial charge in [0.25, 0.3) is 0 Å². The topological polar surface area (TPSA) is 41.4 Å². The number of thioether (sulfide) groups is 1. The lowest BCUT2D eigenvalue weighted by molar-refractivity contribution is -0.136. The summed E-state index contributed by atoms with van der Waals surface area (Å²) in [7, 11) is 0. The van der Waals surface area contributed by atoms with Gasteiger partial charge in [-0.25, -0.2) is 4.98 Å². The van der Waals surface area contributed by atoms with Gasteiger partial charge < -0.3 is 9.47 Å². The first-order valence-corrected chi connectivity index (χ1v) is 10.4. The fraction of sp³-hybridized carbons (Fsp3) is 0.778. The smallest absolute Gasteiger partial charge is 0.245 e. The number of imidazole rings is 1. The van der Waals surface area contributed by atoms with Crippen LogP contribution in [0.1, 0.15) is 51.4 Å². The number of carbonyl (C=O) groups is 1. The molecule has 2 saturated heterocycles. The fourth-order valence-corrected chi connectivity index (χ4v) is 4.81. The Labute approximate surface area is 149 Å².